The Morgan fingerprint density at radius 3 is 2.45 bits per heavy atom. The van der Waals surface area contributed by atoms with E-state index < -0.39 is 11.9 Å². The number of esters is 1. The van der Waals surface area contributed by atoms with Crippen LogP contribution in [0.25, 0.3) is 22.2 Å². The van der Waals surface area contributed by atoms with E-state index in [0.29, 0.717) is 11.7 Å². The molecule has 0 fully saturated rings. The average molecular weight is 582 g/mol. The van der Waals surface area contributed by atoms with Gasteiger partial charge in [-0.3, -0.25) is 0 Å². The Morgan fingerprint density at radius 1 is 1.00 bits per heavy atom. The van der Waals surface area contributed by atoms with E-state index in [1.54, 1.807) is 0 Å². The minimum Gasteiger partial charge on any atom is -0.494 e. The van der Waals surface area contributed by atoms with Crippen LogP contribution in [0, 0.1) is 12.8 Å². The van der Waals surface area contributed by atoms with Gasteiger partial charge in [-0.25, -0.2) is 13.6 Å². The first-order valence-electron chi connectivity index (χ1n) is 15.7. The molecule has 0 aliphatic heterocycles. The van der Waals surface area contributed by atoms with Crippen LogP contribution >= 0.6 is 0 Å². The third kappa shape index (κ3) is 10.3. The molecule has 0 aliphatic carbocycles. The van der Waals surface area contributed by atoms with E-state index in [9.17, 15) is 13.6 Å². The largest absolute Gasteiger partial charge is 0.494 e. The molecule has 3 aromatic rings. The van der Waals surface area contributed by atoms with Crippen molar-refractivity contribution in [3.05, 3.63) is 66.2 Å². The van der Waals surface area contributed by atoms with Crippen LogP contribution in [0.3, 0.4) is 0 Å². The molecule has 42 heavy (non-hydrogen) atoms. The van der Waals surface area contributed by atoms with Crippen molar-refractivity contribution in [1.29, 1.82) is 0 Å². The number of carbonyl (C=O) groups is 1. The van der Waals surface area contributed by atoms with Crippen molar-refractivity contribution in [3.8, 4) is 17.0 Å². The molecule has 2 aromatic carbocycles. The molecule has 4 nitrogen and oxygen atoms in total. The van der Waals surface area contributed by atoms with E-state index in [-0.39, 0.29) is 38.9 Å². The van der Waals surface area contributed by atoms with E-state index >= 15 is 0 Å². The summed E-state index contributed by atoms with van der Waals surface area (Å²) in [6.07, 6.45) is 7.83. The summed E-state index contributed by atoms with van der Waals surface area (Å²) in [4.78, 5) is 11.1. The van der Waals surface area contributed by atoms with Gasteiger partial charge in [-0.15, -0.1) is 0 Å². The number of nitrogens with zero attached hydrogens (tertiary/aromatic N) is 1. The van der Waals surface area contributed by atoms with Crippen LogP contribution in [0.2, 0.25) is 0 Å². The first-order valence-corrected chi connectivity index (χ1v) is 15.7. The Labute approximate surface area is 251 Å². The van der Waals surface area contributed by atoms with Crippen molar-refractivity contribution in [2.45, 2.75) is 104 Å². The molecule has 1 heterocycles. The molecule has 1 aromatic heterocycles. The molecule has 0 spiro atoms. The maximum absolute atomic E-state index is 14.3. The zero-order valence-electron chi connectivity index (χ0n) is 26.0. The van der Waals surface area contributed by atoms with Gasteiger partial charge >= 0.3 is 5.97 Å². The molecule has 3 rings (SSSR count). The second-order valence-electron chi connectivity index (χ2n) is 11.8. The predicted molar refractivity (Wildman–Crippen MR) is 169 cm³/mol. The van der Waals surface area contributed by atoms with Gasteiger partial charge in [0.25, 0.3) is 0 Å². The van der Waals surface area contributed by atoms with E-state index in [1.807, 2.05) is 6.07 Å². The Kier molecular flexibility index (Phi) is 13.1. The Morgan fingerprint density at radius 2 is 1.76 bits per heavy atom. The number of carbonyl (C=O) groups excluding carboxylic acids is 1. The van der Waals surface area contributed by atoms with Crippen molar-refractivity contribution >= 4 is 16.9 Å². The number of fused-ring (bicyclic) bond motifs is 1. The molecule has 0 unspecified atom stereocenters. The highest BCUT2D eigenvalue weighted by Crippen LogP contribution is 2.34. The summed E-state index contributed by atoms with van der Waals surface area (Å²) in [5.74, 6) is -2.08. The number of alkyl halides is 2. The summed E-state index contributed by atoms with van der Waals surface area (Å²) in [7, 11) is 0. The number of hydrogen-bond acceptors (Lipinski definition) is 3. The molecule has 0 atom stereocenters. The number of benzene rings is 2. The maximum Gasteiger partial charge on any atom is 0.330 e. The SMILES string of the molecule is C=CC(=O)OCCCC(F)(F)CCCOc1ccc2cc(-c3ccc(CCCCC)cc3C)n(CCCC(C)C)c2c1. The summed E-state index contributed by atoms with van der Waals surface area (Å²) in [5, 5.41) is 1.15. The number of aromatic nitrogens is 1. The monoisotopic (exact) mass is 581 g/mol. The first kappa shape index (κ1) is 33.4. The lowest BCUT2D eigenvalue weighted by molar-refractivity contribution is -0.138. The van der Waals surface area contributed by atoms with Gasteiger partial charge in [0.15, 0.2) is 0 Å². The average Bonchev–Trinajstić information content (AvgIpc) is 3.30. The minimum absolute atomic E-state index is 0.0294. The molecule has 0 bridgehead atoms. The molecule has 0 saturated carbocycles. The standard InChI is InChI=1S/C36H49F2NO3/c1-6-8-9-14-29-15-18-32(28(5)24-29)34-25-30-16-17-31(26-33(30)39(34)21-10-13-27(3)4)41-22-11-19-36(37,38)20-12-23-42-35(40)7-2/h7,15-18,24-27H,2,6,8-14,19-23H2,1,3-5H3. The summed E-state index contributed by atoms with van der Waals surface area (Å²) < 4.78 is 41.7. The third-order valence-corrected chi connectivity index (χ3v) is 7.73. The van der Waals surface area contributed by atoms with E-state index in [0.717, 1.165) is 42.8 Å². The van der Waals surface area contributed by atoms with Crippen LogP contribution < -0.4 is 4.74 Å². The molecule has 0 amide bonds. The quantitative estimate of drug-likeness (QED) is 0.0803. The maximum atomic E-state index is 14.3. The van der Waals surface area contributed by atoms with Crippen LogP contribution in [-0.4, -0.2) is 29.7 Å². The van der Waals surface area contributed by atoms with Gasteiger partial charge in [-0.05, 0) is 80.7 Å². The predicted octanol–water partition coefficient (Wildman–Crippen LogP) is 10.1. The van der Waals surface area contributed by atoms with Crippen molar-refractivity contribution in [2.24, 2.45) is 5.92 Å². The Hall–Kier alpha value is -3.15. The zero-order valence-corrected chi connectivity index (χ0v) is 26.0. The van der Waals surface area contributed by atoms with Crippen molar-refractivity contribution < 1.29 is 23.0 Å². The van der Waals surface area contributed by atoms with Crippen molar-refractivity contribution in [1.82, 2.24) is 4.57 Å². The number of unbranched alkanes of at least 4 members (excludes halogenated alkanes) is 2. The molecular weight excluding hydrogens is 532 g/mol. The second kappa shape index (κ2) is 16.5. The second-order valence-corrected chi connectivity index (χ2v) is 11.8. The minimum atomic E-state index is -2.82. The van der Waals surface area contributed by atoms with Gasteiger partial charge in [0.05, 0.1) is 18.7 Å². The fourth-order valence-electron chi connectivity index (χ4n) is 5.40. The van der Waals surface area contributed by atoms with Crippen LogP contribution in [0.5, 0.6) is 5.75 Å². The Balaban J connectivity index is 1.70. The molecule has 6 heteroatoms. The highest BCUT2D eigenvalue weighted by atomic mass is 19.3. The lowest BCUT2D eigenvalue weighted by Gasteiger charge is -2.16. The van der Waals surface area contributed by atoms with Crippen LogP contribution in [0.4, 0.5) is 8.78 Å². The summed E-state index contributed by atoms with van der Waals surface area (Å²) in [5.41, 5.74) is 6.25. The van der Waals surface area contributed by atoms with Gasteiger partial charge in [0.1, 0.15) is 5.75 Å². The van der Waals surface area contributed by atoms with Gasteiger partial charge < -0.3 is 14.0 Å². The highest BCUT2D eigenvalue weighted by molar-refractivity contribution is 5.88. The molecule has 0 radical (unpaired) electrons. The summed E-state index contributed by atoms with van der Waals surface area (Å²) >= 11 is 0. The smallest absolute Gasteiger partial charge is 0.330 e. The number of hydrogen-bond donors (Lipinski definition) is 0. The topological polar surface area (TPSA) is 40.5 Å². The first-order chi connectivity index (χ1) is 20.1. The van der Waals surface area contributed by atoms with E-state index in [2.05, 4.69) is 75.2 Å². The lowest BCUT2D eigenvalue weighted by Crippen LogP contribution is -2.18. The molecule has 0 saturated heterocycles. The fraction of sp³-hybridized carbons (Fsp3) is 0.528. The molecule has 230 valence electrons. The summed E-state index contributed by atoms with van der Waals surface area (Å²) in [6, 6.07) is 15.2. The number of rotatable bonds is 19. The van der Waals surface area contributed by atoms with Crippen LogP contribution in [0.1, 0.15) is 89.7 Å². The van der Waals surface area contributed by atoms with Crippen molar-refractivity contribution in [3.63, 3.8) is 0 Å². The van der Waals surface area contributed by atoms with Gasteiger partial charge in [-0.1, -0.05) is 58.4 Å². The Bertz CT molecular complexity index is 1290. The summed E-state index contributed by atoms with van der Waals surface area (Å²) in [6.45, 7) is 13.3. The lowest BCUT2D eigenvalue weighted by atomic mass is 9.99. The van der Waals surface area contributed by atoms with Crippen LogP contribution in [0.15, 0.2) is 55.1 Å². The van der Waals surface area contributed by atoms with Gasteiger partial charge in [0.2, 0.25) is 5.92 Å². The fourth-order valence-corrected chi connectivity index (χ4v) is 5.40. The zero-order chi connectivity index (χ0) is 30.5. The molecule has 0 aliphatic rings. The third-order valence-electron chi connectivity index (χ3n) is 7.73. The highest BCUT2D eigenvalue weighted by Gasteiger charge is 2.27. The normalized spacial score (nSPS) is 11.8. The van der Waals surface area contributed by atoms with E-state index in [1.165, 1.54) is 41.6 Å². The van der Waals surface area contributed by atoms with E-state index in [4.69, 9.17) is 9.47 Å². The van der Waals surface area contributed by atoms with Gasteiger partial charge in [-0.2, -0.15) is 0 Å². The molecular formula is C36H49F2NO3. The van der Waals surface area contributed by atoms with Gasteiger partial charge in [0, 0.05) is 48.2 Å². The number of aryl methyl sites for hydroxylation is 3. The van der Waals surface area contributed by atoms with Crippen molar-refractivity contribution in [2.75, 3.05) is 13.2 Å². The molecule has 0 N–H and O–H groups in total. The number of halogens is 2. The van der Waals surface area contributed by atoms with Crippen LogP contribution in [-0.2, 0) is 22.5 Å². The number of ether oxygens (including phenoxy) is 2.